The number of hydrogen-bond acceptors (Lipinski definition) is 4. The lowest BCUT2D eigenvalue weighted by Crippen LogP contribution is -2.17. The summed E-state index contributed by atoms with van der Waals surface area (Å²) in [6.45, 7) is 2.72. The maximum atomic E-state index is 10.9. The molecule has 0 spiro atoms. The highest BCUT2D eigenvalue weighted by molar-refractivity contribution is 7.15. The maximum absolute atomic E-state index is 10.9. The van der Waals surface area contributed by atoms with Gasteiger partial charge in [-0.2, -0.15) is 0 Å². The molecule has 0 aliphatic heterocycles. The van der Waals surface area contributed by atoms with Gasteiger partial charge in [-0.15, -0.1) is 11.3 Å². The van der Waals surface area contributed by atoms with Crippen LogP contribution in [0.15, 0.2) is 0 Å². The van der Waals surface area contributed by atoms with Gasteiger partial charge in [-0.3, -0.25) is 0 Å². The number of carboxylic acid groups (broad SMARTS) is 1. The highest BCUT2D eigenvalue weighted by Crippen LogP contribution is 2.26. The Kier molecular flexibility index (Phi) is 3.99. The third-order valence-electron chi connectivity index (χ3n) is 3.27. The fourth-order valence-corrected chi connectivity index (χ4v) is 3.11. The second kappa shape index (κ2) is 5.49. The first kappa shape index (κ1) is 12.4. The van der Waals surface area contributed by atoms with E-state index in [1.54, 1.807) is 6.92 Å². The Labute approximate surface area is 105 Å². The number of aromatic nitrogens is 1. The molecule has 0 aromatic carbocycles. The van der Waals surface area contributed by atoms with Gasteiger partial charge in [0.25, 0.3) is 0 Å². The molecule has 2 N–H and O–H groups in total. The molecule has 1 aliphatic carbocycles. The van der Waals surface area contributed by atoms with Crippen LogP contribution in [0.3, 0.4) is 0 Å². The van der Waals surface area contributed by atoms with Crippen molar-refractivity contribution in [2.75, 3.05) is 11.9 Å². The summed E-state index contributed by atoms with van der Waals surface area (Å²) in [6.07, 6.45) is 6.57. The third kappa shape index (κ3) is 3.19. The van der Waals surface area contributed by atoms with Crippen LogP contribution >= 0.6 is 11.3 Å². The number of rotatable bonds is 4. The van der Waals surface area contributed by atoms with Crippen molar-refractivity contribution in [2.45, 2.75) is 39.0 Å². The Hall–Kier alpha value is -1.10. The summed E-state index contributed by atoms with van der Waals surface area (Å²) in [7, 11) is 0. The van der Waals surface area contributed by atoms with Crippen LogP contribution in [0.2, 0.25) is 0 Å². The monoisotopic (exact) mass is 254 g/mol. The summed E-state index contributed by atoms with van der Waals surface area (Å²) in [4.78, 5) is 15.7. The summed E-state index contributed by atoms with van der Waals surface area (Å²) < 4.78 is 0. The fourth-order valence-electron chi connectivity index (χ4n) is 2.29. The molecule has 94 valence electrons. The van der Waals surface area contributed by atoms with Gasteiger partial charge in [0.15, 0.2) is 10.8 Å². The van der Waals surface area contributed by atoms with Crippen LogP contribution in [0.4, 0.5) is 5.13 Å². The molecule has 1 saturated carbocycles. The van der Waals surface area contributed by atoms with Gasteiger partial charge in [0, 0.05) is 11.4 Å². The van der Waals surface area contributed by atoms with Crippen molar-refractivity contribution in [1.82, 2.24) is 4.98 Å². The molecular formula is C12H18N2O2S. The SMILES string of the molecule is Cc1sc(NCC2CCCCC2)nc1C(=O)O. The van der Waals surface area contributed by atoms with Gasteiger partial charge in [0.05, 0.1) is 0 Å². The summed E-state index contributed by atoms with van der Waals surface area (Å²) in [5.74, 6) is -0.217. The zero-order valence-electron chi connectivity index (χ0n) is 10.0. The van der Waals surface area contributed by atoms with E-state index in [0.29, 0.717) is 0 Å². The molecule has 0 atom stereocenters. The highest BCUT2D eigenvalue weighted by atomic mass is 32.1. The van der Waals surface area contributed by atoms with E-state index in [0.717, 1.165) is 22.5 Å². The zero-order chi connectivity index (χ0) is 12.3. The maximum Gasteiger partial charge on any atom is 0.355 e. The van der Waals surface area contributed by atoms with Crippen molar-refractivity contribution in [3.8, 4) is 0 Å². The van der Waals surface area contributed by atoms with Crippen molar-refractivity contribution < 1.29 is 9.90 Å². The number of thiazole rings is 1. The first-order valence-electron chi connectivity index (χ1n) is 6.11. The van der Waals surface area contributed by atoms with E-state index < -0.39 is 5.97 Å². The standard InChI is InChI=1S/C12H18N2O2S/c1-8-10(11(15)16)14-12(17-8)13-7-9-5-3-2-4-6-9/h9H,2-7H2,1H3,(H,13,14)(H,15,16). The number of hydrogen-bond donors (Lipinski definition) is 2. The zero-order valence-corrected chi connectivity index (χ0v) is 10.8. The molecule has 1 aliphatic rings. The Morgan fingerprint density at radius 1 is 1.47 bits per heavy atom. The van der Waals surface area contributed by atoms with Crippen LogP contribution in [0.5, 0.6) is 0 Å². The van der Waals surface area contributed by atoms with E-state index in [-0.39, 0.29) is 5.69 Å². The molecule has 0 radical (unpaired) electrons. The molecular weight excluding hydrogens is 236 g/mol. The smallest absolute Gasteiger partial charge is 0.355 e. The average Bonchev–Trinajstić information content (AvgIpc) is 2.69. The third-order valence-corrected chi connectivity index (χ3v) is 4.19. The molecule has 0 amide bonds. The van der Waals surface area contributed by atoms with Crippen molar-refractivity contribution in [3.63, 3.8) is 0 Å². The molecule has 0 saturated heterocycles. The normalized spacial score (nSPS) is 17.0. The Morgan fingerprint density at radius 3 is 2.76 bits per heavy atom. The van der Waals surface area contributed by atoms with Gasteiger partial charge in [-0.1, -0.05) is 19.3 Å². The Bertz CT molecular complexity index is 397. The molecule has 1 aromatic heterocycles. The number of nitrogens with zero attached hydrogens (tertiary/aromatic N) is 1. The van der Waals surface area contributed by atoms with Gasteiger partial charge in [0.2, 0.25) is 0 Å². The molecule has 17 heavy (non-hydrogen) atoms. The van der Waals surface area contributed by atoms with Crippen molar-refractivity contribution >= 4 is 22.4 Å². The van der Waals surface area contributed by atoms with E-state index in [9.17, 15) is 4.79 Å². The minimum atomic E-state index is -0.940. The van der Waals surface area contributed by atoms with Crippen LogP contribution in [-0.4, -0.2) is 22.6 Å². The molecule has 1 fully saturated rings. The van der Waals surface area contributed by atoms with E-state index in [2.05, 4.69) is 10.3 Å². The number of aromatic carboxylic acids is 1. The second-order valence-corrected chi connectivity index (χ2v) is 5.82. The Balaban J connectivity index is 1.90. The van der Waals surface area contributed by atoms with Crippen molar-refractivity contribution in [3.05, 3.63) is 10.6 Å². The number of carbonyl (C=O) groups is 1. The lowest BCUT2D eigenvalue weighted by Gasteiger charge is -2.21. The number of anilines is 1. The van der Waals surface area contributed by atoms with Gasteiger partial charge in [0.1, 0.15) is 0 Å². The Morgan fingerprint density at radius 2 is 2.18 bits per heavy atom. The number of aryl methyl sites for hydroxylation is 1. The summed E-state index contributed by atoms with van der Waals surface area (Å²) in [5, 5.41) is 12.9. The highest BCUT2D eigenvalue weighted by Gasteiger charge is 2.16. The fraction of sp³-hybridized carbons (Fsp3) is 0.667. The summed E-state index contributed by atoms with van der Waals surface area (Å²) >= 11 is 1.43. The van der Waals surface area contributed by atoms with Crippen LogP contribution in [0, 0.1) is 12.8 Å². The van der Waals surface area contributed by atoms with Crippen LogP contribution in [-0.2, 0) is 0 Å². The van der Waals surface area contributed by atoms with Crippen LogP contribution in [0.1, 0.15) is 47.5 Å². The predicted molar refractivity (Wildman–Crippen MR) is 68.9 cm³/mol. The second-order valence-electron chi connectivity index (χ2n) is 4.61. The van der Waals surface area contributed by atoms with Crippen molar-refractivity contribution in [2.24, 2.45) is 5.92 Å². The summed E-state index contributed by atoms with van der Waals surface area (Å²) in [5.41, 5.74) is 0.182. The van der Waals surface area contributed by atoms with E-state index in [4.69, 9.17) is 5.11 Å². The minimum absolute atomic E-state index is 0.182. The lowest BCUT2D eigenvalue weighted by atomic mass is 9.89. The largest absolute Gasteiger partial charge is 0.476 e. The topological polar surface area (TPSA) is 62.2 Å². The average molecular weight is 254 g/mol. The quantitative estimate of drug-likeness (QED) is 0.866. The van der Waals surface area contributed by atoms with E-state index in [1.807, 2.05) is 0 Å². The molecule has 1 aromatic rings. The first-order valence-corrected chi connectivity index (χ1v) is 6.93. The minimum Gasteiger partial charge on any atom is -0.476 e. The lowest BCUT2D eigenvalue weighted by molar-refractivity contribution is 0.0690. The molecule has 2 rings (SSSR count). The van der Waals surface area contributed by atoms with E-state index >= 15 is 0 Å². The van der Waals surface area contributed by atoms with Gasteiger partial charge in [-0.25, -0.2) is 9.78 Å². The van der Waals surface area contributed by atoms with Crippen LogP contribution in [0.25, 0.3) is 0 Å². The van der Waals surface area contributed by atoms with Crippen LogP contribution < -0.4 is 5.32 Å². The number of nitrogens with one attached hydrogen (secondary N) is 1. The summed E-state index contributed by atoms with van der Waals surface area (Å²) in [6, 6.07) is 0. The van der Waals surface area contributed by atoms with Gasteiger partial charge >= 0.3 is 5.97 Å². The molecule has 5 heteroatoms. The van der Waals surface area contributed by atoms with E-state index in [1.165, 1.54) is 43.4 Å². The van der Waals surface area contributed by atoms with Gasteiger partial charge < -0.3 is 10.4 Å². The first-order chi connectivity index (χ1) is 8.16. The number of carboxylic acids is 1. The molecule has 0 unspecified atom stereocenters. The van der Waals surface area contributed by atoms with Gasteiger partial charge in [-0.05, 0) is 25.7 Å². The molecule has 1 heterocycles. The van der Waals surface area contributed by atoms with Crippen molar-refractivity contribution in [1.29, 1.82) is 0 Å². The predicted octanol–water partition coefficient (Wildman–Crippen LogP) is 3.14. The molecule has 0 bridgehead atoms. The molecule has 4 nitrogen and oxygen atoms in total.